The number of aliphatic imine (C=N–C) groups is 2. The molecule has 248 valence electrons. The molecule has 1 saturated heterocycles. The molecular formula is C35H59FN6O2. The maximum absolute atomic E-state index is 13.8. The lowest BCUT2D eigenvalue weighted by molar-refractivity contribution is 0.0676. The number of ether oxygens (including phenoxy) is 2. The summed E-state index contributed by atoms with van der Waals surface area (Å²) in [6.07, 6.45) is 10.6. The van der Waals surface area contributed by atoms with Crippen LogP contribution >= 0.6 is 0 Å². The van der Waals surface area contributed by atoms with E-state index < -0.39 is 0 Å². The van der Waals surface area contributed by atoms with Crippen molar-refractivity contribution in [3.05, 3.63) is 71.0 Å². The van der Waals surface area contributed by atoms with Crippen molar-refractivity contribution in [2.24, 2.45) is 9.98 Å². The molecule has 1 fully saturated rings. The van der Waals surface area contributed by atoms with E-state index in [0.29, 0.717) is 31.6 Å². The molecule has 44 heavy (non-hydrogen) atoms. The molecule has 3 heterocycles. The van der Waals surface area contributed by atoms with Crippen LogP contribution in [-0.2, 0) is 4.74 Å². The topological polar surface area (TPSA) is 65.8 Å². The quantitative estimate of drug-likeness (QED) is 0.352. The van der Waals surface area contributed by atoms with Crippen molar-refractivity contribution in [2.45, 2.75) is 61.3 Å². The van der Waals surface area contributed by atoms with Gasteiger partial charge in [-0.2, -0.15) is 0 Å². The number of pyridine rings is 1. The summed E-state index contributed by atoms with van der Waals surface area (Å²) in [4.78, 5) is 20.0. The highest BCUT2D eigenvalue weighted by Gasteiger charge is 2.18. The molecule has 2 aliphatic heterocycles. The number of likely N-dealkylation sites (N-methyl/N-ethyl adjacent to an activating group) is 2. The Labute approximate surface area is 267 Å². The van der Waals surface area contributed by atoms with Gasteiger partial charge in [-0.3, -0.25) is 4.98 Å². The molecule has 0 bridgehead atoms. The molecule has 4 rings (SSSR count). The Balaban J connectivity index is 0.000000727. The van der Waals surface area contributed by atoms with E-state index in [1.54, 1.807) is 20.2 Å². The van der Waals surface area contributed by atoms with Crippen LogP contribution in [0.25, 0.3) is 0 Å². The smallest absolute Gasteiger partial charge is 0.225 e. The fraction of sp³-hybridized carbons (Fsp3) is 0.571. The molecule has 0 unspecified atom stereocenters. The lowest BCUT2D eigenvalue weighted by atomic mass is 10.0. The summed E-state index contributed by atoms with van der Waals surface area (Å²) >= 11 is 0. The summed E-state index contributed by atoms with van der Waals surface area (Å²) in [5.74, 6) is 1.49. The third kappa shape index (κ3) is 16.6. The summed E-state index contributed by atoms with van der Waals surface area (Å²) in [6, 6.07) is 3.74. The predicted molar refractivity (Wildman–Crippen MR) is 187 cm³/mol. The molecule has 0 aromatic carbocycles. The van der Waals surface area contributed by atoms with E-state index >= 15 is 0 Å². The number of aryl methyl sites for hydroxylation is 1. The van der Waals surface area contributed by atoms with Crippen LogP contribution in [0, 0.1) is 6.92 Å². The number of aromatic nitrogens is 1. The van der Waals surface area contributed by atoms with Gasteiger partial charge in [0.2, 0.25) is 5.96 Å². The second-order valence-electron chi connectivity index (χ2n) is 10.3. The van der Waals surface area contributed by atoms with Gasteiger partial charge in [0.25, 0.3) is 0 Å². The lowest BCUT2D eigenvalue weighted by Crippen LogP contribution is -2.40. The van der Waals surface area contributed by atoms with Gasteiger partial charge >= 0.3 is 0 Å². The Bertz CT molecular complexity index is 1120. The van der Waals surface area contributed by atoms with Gasteiger partial charge in [0, 0.05) is 50.9 Å². The second kappa shape index (κ2) is 24.2. The molecule has 9 heteroatoms. The Kier molecular flexibility index (Phi) is 22.5. The highest BCUT2D eigenvalue weighted by molar-refractivity contribution is 6.10. The molecule has 8 nitrogen and oxygen atoms in total. The third-order valence-electron chi connectivity index (χ3n) is 6.30. The standard InChI is InChI=1S/C18H22FN3O.C7H9NO.C6H16N2.2C2H6/c1-13-12-15(4-3-5-16(13)19)17-7-6-14(2)20-18(21-17)22-8-10-23-11-9-22;1-6-7(9-2)4-3-5-8-6;1-7(2)5-6-8(3)4;2*1-2/h3-4,6,12H,5,7-11H2,1-2H3;3-5H,1-2H3;5-6H2,1-4H3;2*1-2H3. The van der Waals surface area contributed by atoms with E-state index in [4.69, 9.17) is 14.5 Å². The van der Waals surface area contributed by atoms with Crippen molar-refractivity contribution in [3.63, 3.8) is 0 Å². The normalized spacial score (nSPS) is 16.1. The van der Waals surface area contributed by atoms with E-state index in [9.17, 15) is 4.39 Å². The first-order chi connectivity index (χ1) is 21.1. The Morgan fingerprint density at radius 3 is 2.07 bits per heavy atom. The summed E-state index contributed by atoms with van der Waals surface area (Å²) in [6.45, 7) is 19.0. The summed E-state index contributed by atoms with van der Waals surface area (Å²) in [5, 5.41) is 0. The highest BCUT2D eigenvalue weighted by atomic mass is 19.1. The van der Waals surface area contributed by atoms with Gasteiger partial charge in [-0.05, 0) is 78.3 Å². The predicted octanol–water partition coefficient (Wildman–Crippen LogP) is 7.11. The molecule has 0 N–H and O–H groups in total. The number of methoxy groups -OCH3 is 1. The minimum absolute atomic E-state index is 0.0840. The van der Waals surface area contributed by atoms with Crippen LogP contribution in [0.5, 0.6) is 5.75 Å². The first kappa shape index (κ1) is 40.9. The average Bonchev–Trinajstić information content (AvgIpc) is 3.34. The molecule has 1 aromatic rings. The van der Waals surface area contributed by atoms with E-state index in [0.717, 1.165) is 60.6 Å². The first-order valence-electron chi connectivity index (χ1n) is 15.7. The summed E-state index contributed by atoms with van der Waals surface area (Å²) in [7, 11) is 9.99. The zero-order valence-corrected chi connectivity index (χ0v) is 29.6. The van der Waals surface area contributed by atoms with Gasteiger partial charge in [-0.1, -0.05) is 45.9 Å². The summed E-state index contributed by atoms with van der Waals surface area (Å²) in [5.41, 5.74) is 4.45. The maximum Gasteiger partial charge on any atom is 0.225 e. The van der Waals surface area contributed by atoms with Crippen LogP contribution in [0.4, 0.5) is 4.39 Å². The van der Waals surface area contributed by atoms with Gasteiger partial charge in [-0.25, -0.2) is 14.4 Å². The Morgan fingerprint density at radius 2 is 1.55 bits per heavy atom. The number of morpholine rings is 1. The lowest BCUT2D eigenvalue weighted by Gasteiger charge is -2.27. The zero-order chi connectivity index (χ0) is 33.5. The number of guanidine groups is 1. The van der Waals surface area contributed by atoms with Crippen molar-refractivity contribution < 1.29 is 13.9 Å². The van der Waals surface area contributed by atoms with Crippen molar-refractivity contribution in [1.82, 2.24) is 19.7 Å². The van der Waals surface area contributed by atoms with Crippen LogP contribution in [0.15, 0.2) is 75.3 Å². The minimum Gasteiger partial charge on any atom is -0.495 e. The SMILES string of the molecule is CC.CC.CC1=CCC(C2=CC(C)=C(F)CC=C2)=NC(N2CCOCC2)=N1.CN(C)CCN(C)C.COc1cccnc1C. The fourth-order valence-corrected chi connectivity index (χ4v) is 3.80. The van der Waals surface area contributed by atoms with Crippen LogP contribution < -0.4 is 4.74 Å². The molecule has 1 aliphatic carbocycles. The van der Waals surface area contributed by atoms with Crippen molar-refractivity contribution >= 4 is 11.7 Å². The number of nitrogens with zero attached hydrogens (tertiary/aromatic N) is 6. The van der Waals surface area contributed by atoms with Crippen molar-refractivity contribution in [1.29, 1.82) is 0 Å². The third-order valence-corrected chi connectivity index (χ3v) is 6.30. The number of hydrogen-bond donors (Lipinski definition) is 0. The van der Waals surface area contributed by atoms with Gasteiger partial charge in [-0.15, -0.1) is 0 Å². The first-order valence-corrected chi connectivity index (χ1v) is 15.7. The molecule has 1 aromatic heterocycles. The molecule has 0 spiro atoms. The van der Waals surface area contributed by atoms with Crippen LogP contribution in [0.2, 0.25) is 0 Å². The van der Waals surface area contributed by atoms with Crippen molar-refractivity contribution in [3.8, 4) is 5.75 Å². The minimum atomic E-state index is -0.0840. The van der Waals surface area contributed by atoms with Crippen LogP contribution in [0.3, 0.4) is 0 Å². The molecule has 0 saturated carbocycles. The number of halogens is 1. The van der Waals surface area contributed by atoms with Crippen LogP contribution in [-0.4, -0.2) is 106 Å². The van der Waals surface area contributed by atoms with E-state index in [1.165, 1.54) is 0 Å². The molecular weight excluding hydrogens is 555 g/mol. The zero-order valence-electron chi connectivity index (χ0n) is 29.6. The highest BCUT2D eigenvalue weighted by Crippen LogP contribution is 2.22. The number of rotatable bonds is 5. The van der Waals surface area contributed by atoms with Gasteiger partial charge in [0.15, 0.2) is 0 Å². The van der Waals surface area contributed by atoms with Crippen LogP contribution in [0.1, 0.15) is 60.1 Å². The van der Waals surface area contributed by atoms with E-state index in [1.807, 2.05) is 71.9 Å². The Hall–Kier alpha value is -3.14. The number of hydrogen-bond acceptors (Lipinski definition) is 8. The molecule has 0 radical (unpaired) electrons. The van der Waals surface area contributed by atoms with Gasteiger partial charge < -0.3 is 24.2 Å². The molecule has 0 atom stereocenters. The maximum atomic E-state index is 13.8. The Morgan fingerprint density at radius 1 is 0.932 bits per heavy atom. The second-order valence-corrected chi connectivity index (χ2v) is 10.3. The fourth-order valence-electron chi connectivity index (χ4n) is 3.80. The monoisotopic (exact) mass is 614 g/mol. The largest absolute Gasteiger partial charge is 0.495 e. The average molecular weight is 615 g/mol. The number of allylic oxidation sites excluding steroid dienone is 8. The molecule has 0 amide bonds. The van der Waals surface area contributed by atoms with Gasteiger partial charge in [0.1, 0.15) is 11.6 Å². The van der Waals surface area contributed by atoms with Crippen molar-refractivity contribution in [2.75, 3.05) is 74.7 Å². The van der Waals surface area contributed by atoms with E-state index in [-0.39, 0.29) is 5.83 Å². The summed E-state index contributed by atoms with van der Waals surface area (Å²) < 4.78 is 24.2. The van der Waals surface area contributed by atoms with Gasteiger partial charge in [0.05, 0.1) is 31.7 Å². The molecule has 3 aliphatic rings. The van der Waals surface area contributed by atoms with E-state index in [2.05, 4.69) is 58.9 Å².